The summed E-state index contributed by atoms with van der Waals surface area (Å²) in [6.07, 6.45) is 5.07. The smallest absolute Gasteiger partial charge is 0.254 e. The zero-order valence-electron chi connectivity index (χ0n) is 19.2. The van der Waals surface area contributed by atoms with E-state index in [0.717, 1.165) is 11.1 Å². The molecular weight excluding hydrogens is 428 g/mol. The summed E-state index contributed by atoms with van der Waals surface area (Å²) in [4.78, 5) is 16.9. The molecule has 0 bridgehead atoms. The molecule has 4 rings (SSSR count). The van der Waals surface area contributed by atoms with Crippen LogP contribution in [0.25, 0.3) is 22.5 Å². The Labute approximate surface area is 198 Å². The van der Waals surface area contributed by atoms with Crippen LogP contribution < -0.4 is 5.32 Å². The number of rotatable bonds is 8. The van der Waals surface area contributed by atoms with E-state index in [0.29, 0.717) is 42.4 Å². The average molecular weight is 455 g/mol. The highest BCUT2D eigenvalue weighted by molar-refractivity contribution is 5.95. The van der Waals surface area contributed by atoms with Crippen molar-refractivity contribution < 1.29 is 14.1 Å². The number of nitrogens with zero attached hydrogens (tertiary/aromatic N) is 3. The highest BCUT2D eigenvalue weighted by Gasteiger charge is 2.35. The van der Waals surface area contributed by atoms with Gasteiger partial charge in [-0.1, -0.05) is 66.7 Å². The minimum atomic E-state index is -0.254. The maximum atomic E-state index is 12.3. The maximum Gasteiger partial charge on any atom is 0.254 e. The average Bonchev–Trinajstić information content (AvgIpc) is 3.35. The van der Waals surface area contributed by atoms with Crippen molar-refractivity contribution >= 4 is 17.1 Å². The van der Waals surface area contributed by atoms with E-state index in [-0.39, 0.29) is 17.7 Å². The molecular formula is C27H26N4O3. The summed E-state index contributed by atoms with van der Waals surface area (Å²) < 4.78 is 11.2. The van der Waals surface area contributed by atoms with Gasteiger partial charge in [0.05, 0.1) is 19.1 Å². The predicted octanol–water partition coefficient (Wildman–Crippen LogP) is 4.90. The number of hydrogen-bond donors (Lipinski definition) is 1. The minimum Gasteiger partial charge on any atom is -0.384 e. The lowest BCUT2D eigenvalue weighted by Gasteiger charge is -2.34. The number of carbonyl (C=O) groups excluding carboxylic acids is 1. The summed E-state index contributed by atoms with van der Waals surface area (Å²) in [6.45, 7) is 3.03. The molecule has 3 aromatic rings. The zero-order chi connectivity index (χ0) is 24.0. The molecule has 172 valence electrons. The molecule has 1 aliphatic carbocycles. The molecule has 0 aliphatic heterocycles. The lowest BCUT2D eigenvalue weighted by atomic mass is 9.71. The van der Waals surface area contributed by atoms with E-state index in [1.165, 1.54) is 5.57 Å². The van der Waals surface area contributed by atoms with Gasteiger partial charge in [-0.25, -0.2) is 0 Å². The highest BCUT2D eigenvalue weighted by Crippen LogP contribution is 2.45. The van der Waals surface area contributed by atoms with Crippen LogP contribution in [0, 0.1) is 16.7 Å². The van der Waals surface area contributed by atoms with Gasteiger partial charge in [0, 0.05) is 35.8 Å². The molecule has 1 N–H and O–H groups in total. The topological polar surface area (TPSA) is 101 Å². The van der Waals surface area contributed by atoms with Crippen LogP contribution >= 0.6 is 0 Å². The summed E-state index contributed by atoms with van der Waals surface area (Å²) in [5.41, 5.74) is 4.20. The van der Waals surface area contributed by atoms with Gasteiger partial charge in [-0.3, -0.25) is 4.79 Å². The van der Waals surface area contributed by atoms with Crippen LogP contribution in [-0.2, 0) is 4.74 Å². The van der Waals surface area contributed by atoms with E-state index in [1.807, 2.05) is 36.4 Å². The molecule has 7 heteroatoms. The lowest BCUT2D eigenvalue weighted by molar-refractivity contribution is 0.0954. The number of ether oxygens (including phenoxy) is 1. The standard InChI is InChI=1S/C27H26N4O3/c1-27(18-33-2)17-22(12-13-23(27)19-8-4-3-5-9-19)26-30-24(31-34-26)20-10-6-11-21(16-20)25(32)29-15-7-14-28/h3-6,8-13,16H,7,15,17-18H2,1-2H3,(H,29,32). The number of allylic oxidation sites excluding steroid dienone is 3. The maximum absolute atomic E-state index is 12.3. The molecule has 1 aliphatic rings. The molecule has 1 amide bonds. The van der Waals surface area contributed by atoms with Gasteiger partial charge < -0.3 is 14.6 Å². The molecule has 7 nitrogen and oxygen atoms in total. The minimum absolute atomic E-state index is 0.246. The summed E-state index contributed by atoms with van der Waals surface area (Å²) in [5.74, 6) is 0.614. The largest absolute Gasteiger partial charge is 0.384 e. The summed E-state index contributed by atoms with van der Waals surface area (Å²) >= 11 is 0. The molecule has 34 heavy (non-hydrogen) atoms. The summed E-state index contributed by atoms with van der Waals surface area (Å²) in [6, 6.07) is 19.3. The van der Waals surface area contributed by atoms with E-state index in [1.54, 1.807) is 25.3 Å². The molecule has 1 unspecified atom stereocenters. The second-order valence-corrected chi connectivity index (χ2v) is 8.48. The zero-order valence-corrected chi connectivity index (χ0v) is 19.2. The van der Waals surface area contributed by atoms with E-state index >= 15 is 0 Å². The Bertz CT molecular complexity index is 1270. The molecule has 0 fully saturated rings. The number of aromatic nitrogens is 2. The SMILES string of the molecule is COCC1(C)CC(c2nc(-c3cccc(C(=O)NCCC#N)c3)no2)=CC=C1c1ccccc1. The molecule has 0 saturated carbocycles. The highest BCUT2D eigenvalue weighted by atomic mass is 16.5. The number of methoxy groups -OCH3 is 1. The number of hydrogen-bond acceptors (Lipinski definition) is 6. The monoisotopic (exact) mass is 454 g/mol. The quantitative estimate of drug-likeness (QED) is 0.486. The van der Waals surface area contributed by atoms with Crippen molar-refractivity contribution in [2.24, 2.45) is 5.41 Å². The Morgan fingerprint density at radius 2 is 1.97 bits per heavy atom. The van der Waals surface area contributed by atoms with Crippen molar-refractivity contribution in [2.45, 2.75) is 19.8 Å². The Hall–Kier alpha value is -4.02. The normalized spacial score (nSPS) is 17.4. The van der Waals surface area contributed by atoms with Crippen molar-refractivity contribution in [3.63, 3.8) is 0 Å². The molecule has 1 heterocycles. The van der Waals surface area contributed by atoms with Gasteiger partial charge >= 0.3 is 0 Å². The Morgan fingerprint density at radius 1 is 1.18 bits per heavy atom. The van der Waals surface area contributed by atoms with Crippen molar-refractivity contribution in [2.75, 3.05) is 20.3 Å². The first-order chi connectivity index (χ1) is 16.5. The number of nitrogens with one attached hydrogen (secondary N) is 1. The van der Waals surface area contributed by atoms with Gasteiger partial charge in [-0.15, -0.1) is 0 Å². The number of carbonyl (C=O) groups is 1. The second kappa shape index (κ2) is 10.3. The van der Waals surface area contributed by atoms with E-state index in [4.69, 9.17) is 14.5 Å². The third-order valence-corrected chi connectivity index (χ3v) is 5.84. The van der Waals surface area contributed by atoms with Gasteiger partial charge in [0.15, 0.2) is 0 Å². The van der Waals surface area contributed by atoms with Crippen molar-refractivity contribution in [3.8, 4) is 17.5 Å². The fraction of sp³-hybridized carbons (Fsp3) is 0.259. The first-order valence-electron chi connectivity index (χ1n) is 11.1. The van der Waals surface area contributed by atoms with Crippen LogP contribution in [0.15, 0.2) is 71.3 Å². The summed E-state index contributed by atoms with van der Waals surface area (Å²) in [5, 5.41) is 15.5. The van der Waals surface area contributed by atoms with E-state index in [2.05, 4.69) is 40.6 Å². The van der Waals surface area contributed by atoms with Gasteiger partial charge in [-0.2, -0.15) is 10.2 Å². The van der Waals surface area contributed by atoms with Gasteiger partial charge in [0.1, 0.15) is 0 Å². The first kappa shape index (κ1) is 23.1. The van der Waals surface area contributed by atoms with Crippen LogP contribution in [0.5, 0.6) is 0 Å². The number of nitriles is 1. The molecule has 0 saturated heterocycles. The molecule has 1 atom stereocenters. The van der Waals surface area contributed by atoms with Crippen molar-refractivity contribution in [1.82, 2.24) is 15.5 Å². The van der Waals surface area contributed by atoms with Gasteiger partial charge in [-0.05, 0) is 29.7 Å². The van der Waals surface area contributed by atoms with Gasteiger partial charge in [0.25, 0.3) is 11.8 Å². The number of benzene rings is 2. The van der Waals surface area contributed by atoms with Crippen LogP contribution in [-0.4, -0.2) is 36.3 Å². The third-order valence-electron chi connectivity index (χ3n) is 5.84. The van der Waals surface area contributed by atoms with Crippen LogP contribution in [0.4, 0.5) is 0 Å². The van der Waals surface area contributed by atoms with Crippen LogP contribution in [0.3, 0.4) is 0 Å². The molecule has 0 radical (unpaired) electrons. The first-order valence-corrected chi connectivity index (χ1v) is 11.1. The fourth-order valence-corrected chi connectivity index (χ4v) is 4.22. The van der Waals surface area contributed by atoms with Crippen molar-refractivity contribution in [1.29, 1.82) is 5.26 Å². The summed E-state index contributed by atoms with van der Waals surface area (Å²) in [7, 11) is 1.71. The number of amides is 1. The fourth-order valence-electron chi connectivity index (χ4n) is 4.22. The Balaban J connectivity index is 1.59. The van der Waals surface area contributed by atoms with E-state index in [9.17, 15) is 4.79 Å². The molecule has 2 aromatic carbocycles. The predicted molar refractivity (Wildman–Crippen MR) is 129 cm³/mol. The van der Waals surface area contributed by atoms with Crippen LogP contribution in [0.1, 0.15) is 41.6 Å². The van der Waals surface area contributed by atoms with Crippen LogP contribution in [0.2, 0.25) is 0 Å². The molecule has 1 aromatic heterocycles. The van der Waals surface area contributed by atoms with E-state index < -0.39 is 0 Å². The Morgan fingerprint density at radius 3 is 2.74 bits per heavy atom. The van der Waals surface area contributed by atoms with Gasteiger partial charge in [0.2, 0.25) is 5.82 Å². The Kier molecular flexibility index (Phi) is 7.00. The third kappa shape index (κ3) is 4.98. The lowest BCUT2D eigenvalue weighted by Crippen LogP contribution is -2.27. The van der Waals surface area contributed by atoms with Crippen molar-refractivity contribution in [3.05, 3.63) is 83.8 Å². The second-order valence-electron chi connectivity index (χ2n) is 8.48. The molecule has 0 spiro atoms.